The van der Waals surface area contributed by atoms with Crippen LogP contribution < -0.4 is 0 Å². The van der Waals surface area contributed by atoms with E-state index in [1.165, 1.54) is 12.8 Å². The Kier molecular flexibility index (Phi) is 4.10. The number of rotatable bonds is 3. The molecule has 0 aromatic carbocycles. The Morgan fingerprint density at radius 2 is 1.81 bits per heavy atom. The molecule has 1 aromatic heterocycles. The zero-order chi connectivity index (χ0) is 15.0. The van der Waals surface area contributed by atoms with E-state index >= 15 is 0 Å². The first-order valence-corrected chi connectivity index (χ1v) is 9.52. The first-order valence-electron chi connectivity index (χ1n) is 8.08. The Labute approximate surface area is 127 Å². The van der Waals surface area contributed by atoms with Crippen LogP contribution in [0.2, 0.25) is 0 Å². The van der Waals surface area contributed by atoms with Crippen molar-refractivity contribution in [2.24, 2.45) is 0 Å². The van der Waals surface area contributed by atoms with Gasteiger partial charge in [-0.15, -0.1) is 0 Å². The van der Waals surface area contributed by atoms with E-state index in [0.717, 1.165) is 32.1 Å². The van der Waals surface area contributed by atoms with Gasteiger partial charge in [-0.3, -0.25) is 4.68 Å². The van der Waals surface area contributed by atoms with Gasteiger partial charge in [0.25, 0.3) is 0 Å². The van der Waals surface area contributed by atoms with Gasteiger partial charge >= 0.3 is 0 Å². The maximum absolute atomic E-state index is 12.9. The largest absolute Gasteiger partial charge is 0.268 e. The van der Waals surface area contributed by atoms with Gasteiger partial charge in [-0.1, -0.05) is 19.3 Å². The molecule has 1 aliphatic heterocycles. The number of aromatic nitrogens is 2. The molecule has 5 nitrogen and oxygen atoms in total. The molecule has 1 aliphatic carbocycles. The van der Waals surface area contributed by atoms with Crippen LogP contribution in [0.5, 0.6) is 0 Å². The van der Waals surface area contributed by atoms with Crippen LogP contribution in [-0.4, -0.2) is 35.1 Å². The van der Waals surface area contributed by atoms with E-state index in [1.54, 1.807) is 10.5 Å². The van der Waals surface area contributed by atoms with Crippen LogP contribution in [0.3, 0.4) is 0 Å². The van der Waals surface area contributed by atoms with Gasteiger partial charge in [0.15, 0.2) is 0 Å². The second kappa shape index (κ2) is 5.72. The molecule has 0 spiro atoms. The third-order valence-corrected chi connectivity index (χ3v) is 7.02. The van der Waals surface area contributed by atoms with Crippen molar-refractivity contribution in [3.63, 3.8) is 0 Å². The summed E-state index contributed by atoms with van der Waals surface area (Å²) >= 11 is 0. The molecule has 0 bridgehead atoms. The van der Waals surface area contributed by atoms with Crippen LogP contribution in [0, 0.1) is 6.92 Å². The summed E-state index contributed by atoms with van der Waals surface area (Å²) in [5.41, 5.74) is 0.639. The fraction of sp³-hybridized carbons (Fsp3) is 0.800. The Morgan fingerprint density at radius 1 is 1.14 bits per heavy atom. The van der Waals surface area contributed by atoms with Crippen LogP contribution >= 0.6 is 0 Å². The molecule has 2 heterocycles. The molecule has 0 amide bonds. The predicted octanol–water partition coefficient (Wildman–Crippen LogP) is 2.87. The maximum Gasteiger partial charge on any atom is 0.246 e. The third-order valence-electron chi connectivity index (χ3n) is 4.90. The number of hydrogen-bond donors (Lipinski definition) is 0. The van der Waals surface area contributed by atoms with E-state index in [-0.39, 0.29) is 6.04 Å². The van der Waals surface area contributed by atoms with Gasteiger partial charge in [0.05, 0.1) is 11.7 Å². The van der Waals surface area contributed by atoms with Crippen molar-refractivity contribution < 1.29 is 8.42 Å². The van der Waals surface area contributed by atoms with Gasteiger partial charge in [-0.25, -0.2) is 8.42 Å². The number of nitrogens with zero attached hydrogens (tertiary/aromatic N) is 3. The SMILES string of the molecule is Cc1nn(C2CCCC2)cc1S(=O)(=O)N1CCCCC1C. The Bertz CT molecular complexity index is 602. The lowest BCUT2D eigenvalue weighted by Crippen LogP contribution is -2.42. The molecule has 2 aliphatic rings. The zero-order valence-electron chi connectivity index (χ0n) is 13.0. The molecular weight excluding hydrogens is 286 g/mol. The first kappa shape index (κ1) is 15.0. The molecule has 3 rings (SSSR count). The normalized spacial score (nSPS) is 25.5. The Hall–Kier alpha value is -0.880. The van der Waals surface area contributed by atoms with E-state index in [0.29, 0.717) is 23.2 Å². The highest BCUT2D eigenvalue weighted by atomic mass is 32.2. The summed E-state index contributed by atoms with van der Waals surface area (Å²) in [6.45, 7) is 4.46. The molecule has 1 aromatic rings. The number of hydrogen-bond acceptors (Lipinski definition) is 3. The van der Waals surface area contributed by atoms with Gasteiger partial charge in [-0.05, 0) is 39.5 Å². The van der Waals surface area contributed by atoms with Crippen LogP contribution in [0.25, 0.3) is 0 Å². The van der Waals surface area contributed by atoms with Gasteiger partial charge in [-0.2, -0.15) is 9.40 Å². The lowest BCUT2D eigenvalue weighted by Gasteiger charge is -2.32. The third kappa shape index (κ3) is 2.75. The monoisotopic (exact) mass is 311 g/mol. The molecule has 0 N–H and O–H groups in total. The molecule has 1 saturated heterocycles. The molecule has 1 atom stereocenters. The fourth-order valence-corrected chi connectivity index (χ4v) is 5.49. The Balaban J connectivity index is 1.91. The maximum atomic E-state index is 12.9. The Morgan fingerprint density at radius 3 is 2.48 bits per heavy atom. The van der Waals surface area contributed by atoms with Crippen LogP contribution in [0.4, 0.5) is 0 Å². The highest BCUT2D eigenvalue weighted by Crippen LogP contribution is 2.32. The predicted molar refractivity (Wildman–Crippen MR) is 81.7 cm³/mol. The number of aryl methyl sites for hydroxylation is 1. The van der Waals surface area contributed by atoms with Crippen molar-refractivity contribution >= 4 is 10.0 Å². The molecule has 1 unspecified atom stereocenters. The lowest BCUT2D eigenvalue weighted by atomic mass is 10.1. The topological polar surface area (TPSA) is 55.2 Å². The van der Waals surface area contributed by atoms with Crippen molar-refractivity contribution in [3.05, 3.63) is 11.9 Å². The number of sulfonamides is 1. The van der Waals surface area contributed by atoms with Crippen LogP contribution in [-0.2, 0) is 10.0 Å². The summed E-state index contributed by atoms with van der Waals surface area (Å²) in [6.07, 6.45) is 9.45. The average Bonchev–Trinajstić information content (AvgIpc) is 3.07. The zero-order valence-corrected chi connectivity index (χ0v) is 13.8. The van der Waals surface area contributed by atoms with Gasteiger partial charge in [0.2, 0.25) is 10.0 Å². The van der Waals surface area contributed by atoms with Crippen molar-refractivity contribution in [1.82, 2.24) is 14.1 Å². The quantitative estimate of drug-likeness (QED) is 0.862. The molecular formula is C15H25N3O2S. The van der Waals surface area contributed by atoms with E-state index < -0.39 is 10.0 Å². The van der Waals surface area contributed by atoms with Crippen LogP contribution in [0.15, 0.2) is 11.1 Å². The summed E-state index contributed by atoms with van der Waals surface area (Å²) in [7, 11) is -3.40. The van der Waals surface area contributed by atoms with E-state index in [4.69, 9.17) is 0 Å². The van der Waals surface area contributed by atoms with Gasteiger partial charge in [0, 0.05) is 18.8 Å². The van der Waals surface area contributed by atoms with Crippen molar-refractivity contribution in [1.29, 1.82) is 0 Å². The van der Waals surface area contributed by atoms with E-state index in [2.05, 4.69) is 5.10 Å². The molecule has 6 heteroatoms. The highest BCUT2D eigenvalue weighted by molar-refractivity contribution is 7.89. The highest BCUT2D eigenvalue weighted by Gasteiger charge is 2.34. The van der Waals surface area contributed by atoms with Crippen LogP contribution in [0.1, 0.15) is 63.6 Å². The number of piperidine rings is 1. The minimum atomic E-state index is -3.40. The first-order chi connectivity index (χ1) is 10.00. The summed E-state index contributed by atoms with van der Waals surface area (Å²) in [6, 6.07) is 0.476. The summed E-state index contributed by atoms with van der Waals surface area (Å²) in [4.78, 5) is 0.406. The van der Waals surface area contributed by atoms with E-state index in [1.807, 2.05) is 18.5 Å². The molecule has 1 saturated carbocycles. The smallest absolute Gasteiger partial charge is 0.246 e. The fourth-order valence-electron chi connectivity index (χ4n) is 3.63. The summed E-state index contributed by atoms with van der Waals surface area (Å²) in [5.74, 6) is 0. The summed E-state index contributed by atoms with van der Waals surface area (Å²) < 4.78 is 29.4. The molecule has 21 heavy (non-hydrogen) atoms. The molecule has 0 radical (unpaired) electrons. The van der Waals surface area contributed by atoms with Crippen molar-refractivity contribution in [2.45, 2.75) is 75.8 Å². The van der Waals surface area contributed by atoms with Crippen molar-refractivity contribution in [2.75, 3.05) is 6.54 Å². The van der Waals surface area contributed by atoms with E-state index in [9.17, 15) is 8.42 Å². The van der Waals surface area contributed by atoms with Gasteiger partial charge in [0.1, 0.15) is 4.90 Å². The molecule has 2 fully saturated rings. The lowest BCUT2D eigenvalue weighted by molar-refractivity contribution is 0.268. The van der Waals surface area contributed by atoms with Gasteiger partial charge < -0.3 is 0 Å². The summed E-state index contributed by atoms with van der Waals surface area (Å²) in [5, 5.41) is 4.49. The average molecular weight is 311 g/mol. The second-order valence-electron chi connectivity index (χ2n) is 6.46. The molecule has 118 valence electrons. The minimum absolute atomic E-state index is 0.0954. The standard InChI is InChI=1S/C15H25N3O2S/c1-12-7-5-6-10-18(12)21(19,20)15-11-17(16-13(15)2)14-8-3-4-9-14/h11-12,14H,3-10H2,1-2H3. The van der Waals surface area contributed by atoms with Crippen molar-refractivity contribution in [3.8, 4) is 0 Å². The minimum Gasteiger partial charge on any atom is -0.268 e. The second-order valence-corrected chi connectivity index (χ2v) is 8.32.